The van der Waals surface area contributed by atoms with Crippen LogP contribution in [0.4, 0.5) is 5.00 Å². The Morgan fingerprint density at radius 1 is 1.15 bits per heavy atom. The lowest BCUT2D eigenvalue weighted by Crippen LogP contribution is -2.15. The second-order valence-corrected chi connectivity index (χ2v) is 7.45. The summed E-state index contributed by atoms with van der Waals surface area (Å²) in [4.78, 5) is 34.9. The van der Waals surface area contributed by atoms with Crippen LogP contribution in [0, 0.1) is 0 Å². The molecule has 0 radical (unpaired) electrons. The Bertz CT molecular complexity index is 1030. The molecule has 0 fully saturated rings. The molecule has 1 aromatic carbocycles. The van der Waals surface area contributed by atoms with Gasteiger partial charge in [0.25, 0.3) is 5.91 Å². The van der Waals surface area contributed by atoms with Crippen molar-refractivity contribution in [3.05, 3.63) is 52.2 Å². The van der Waals surface area contributed by atoms with E-state index in [1.807, 2.05) is 0 Å². The average molecular weight is 381 g/mol. The van der Waals surface area contributed by atoms with Gasteiger partial charge in [0.05, 0.1) is 23.2 Å². The molecule has 1 aliphatic rings. The van der Waals surface area contributed by atoms with Gasteiger partial charge in [-0.25, -0.2) is 4.79 Å². The summed E-state index contributed by atoms with van der Waals surface area (Å²) in [6, 6.07) is 5.18. The van der Waals surface area contributed by atoms with Gasteiger partial charge in [-0.15, -0.1) is 11.3 Å². The molecule has 0 unspecified atom stereocenters. The average Bonchev–Trinajstić information content (AvgIpc) is 3.05. The third kappa shape index (κ3) is 3.42. The molecule has 0 saturated heterocycles. The maximum absolute atomic E-state index is 12.8. The number of nitrogens with zero attached hydrogens (tertiary/aromatic N) is 2. The molecule has 0 spiro atoms. The minimum atomic E-state index is -0.364. The third-order valence-corrected chi connectivity index (χ3v) is 5.82. The van der Waals surface area contributed by atoms with Crippen LogP contribution in [-0.2, 0) is 17.6 Å². The first-order valence-corrected chi connectivity index (χ1v) is 9.82. The Labute approximate surface area is 160 Å². The highest BCUT2D eigenvalue weighted by atomic mass is 32.1. The maximum atomic E-state index is 12.8. The number of aromatic nitrogens is 2. The van der Waals surface area contributed by atoms with E-state index in [-0.39, 0.29) is 11.9 Å². The molecule has 0 saturated carbocycles. The Hall–Kier alpha value is -2.80. The predicted molar refractivity (Wildman–Crippen MR) is 104 cm³/mol. The Morgan fingerprint density at radius 3 is 2.74 bits per heavy atom. The molecule has 138 valence electrons. The molecule has 6 nitrogen and oxygen atoms in total. The van der Waals surface area contributed by atoms with Crippen LogP contribution < -0.4 is 5.32 Å². The van der Waals surface area contributed by atoms with Crippen molar-refractivity contribution in [2.24, 2.45) is 0 Å². The number of rotatable bonds is 4. The van der Waals surface area contributed by atoms with Crippen molar-refractivity contribution in [1.29, 1.82) is 0 Å². The molecular formula is C20H19N3O3S. The first-order chi connectivity index (χ1) is 13.2. The number of fused-ring (bicyclic) bond motifs is 2. The summed E-state index contributed by atoms with van der Waals surface area (Å²) in [6.07, 6.45) is 7.15. The number of esters is 1. The van der Waals surface area contributed by atoms with Crippen LogP contribution in [-0.4, -0.2) is 28.5 Å². The molecule has 0 aliphatic heterocycles. The molecule has 0 atom stereocenters. The van der Waals surface area contributed by atoms with E-state index in [4.69, 9.17) is 4.74 Å². The standard InChI is InChI=1S/C20H19N3O3S/c1-2-26-20(25)17-13-5-3-4-6-16(13)27-19(17)23-18(24)12-7-8-14-15(11-12)22-10-9-21-14/h7-11H,2-6H2,1H3,(H,23,24). The summed E-state index contributed by atoms with van der Waals surface area (Å²) in [6.45, 7) is 2.09. The van der Waals surface area contributed by atoms with Crippen LogP contribution in [0.25, 0.3) is 11.0 Å². The van der Waals surface area contributed by atoms with E-state index in [0.29, 0.717) is 28.3 Å². The molecule has 27 heavy (non-hydrogen) atoms. The van der Waals surface area contributed by atoms with Crippen LogP contribution >= 0.6 is 11.3 Å². The van der Waals surface area contributed by atoms with E-state index in [1.165, 1.54) is 16.2 Å². The number of anilines is 1. The van der Waals surface area contributed by atoms with Crippen molar-refractivity contribution >= 4 is 39.2 Å². The fourth-order valence-corrected chi connectivity index (χ4v) is 4.63. The highest BCUT2D eigenvalue weighted by molar-refractivity contribution is 7.17. The predicted octanol–water partition coefficient (Wildman–Crippen LogP) is 4.00. The zero-order chi connectivity index (χ0) is 18.8. The number of carbonyl (C=O) groups excluding carboxylic acids is 2. The van der Waals surface area contributed by atoms with E-state index in [2.05, 4.69) is 15.3 Å². The molecule has 2 aromatic heterocycles. The van der Waals surface area contributed by atoms with Crippen molar-refractivity contribution in [3.8, 4) is 0 Å². The van der Waals surface area contributed by atoms with Gasteiger partial charge in [-0.3, -0.25) is 14.8 Å². The number of benzene rings is 1. The lowest BCUT2D eigenvalue weighted by molar-refractivity contribution is 0.0526. The van der Waals surface area contributed by atoms with Crippen LogP contribution in [0.3, 0.4) is 0 Å². The molecule has 1 N–H and O–H groups in total. The Kier molecular flexibility index (Phi) is 4.85. The lowest BCUT2D eigenvalue weighted by Gasteiger charge is -2.12. The molecule has 4 rings (SSSR count). The van der Waals surface area contributed by atoms with Crippen molar-refractivity contribution in [2.45, 2.75) is 32.6 Å². The van der Waals surface area contributed by atoms with Crippen LogP contribution in [0.1, 0.15) is 50.9 Å². The second-order valence-electron chi connectivity index (χ2n) is 6.35. The molecule has 3 aromatic rings. The highest BCUT2D eigenvalue weighted by Gasteiger charge is 2.27. The van der Waals surface area contributed by atoms with E-state index >= 15 is 0 Å². The number of ether oxygens (including phenoxy) is 1. The summed E-state index contributed by atoms with van der Waals surface area (Å²) in [7, 11) is 0. The normalized spacial score (nSPS) is 13.2. The van der Waals surface area contributed by atoms with Crippen molar-refractivity contribution in [1.82, 2.24) is 9.97 Å². The van der Waals surface area contributed by atoms with Crippen molar-refractivity contribution in [3.63, 3.8) is 0 Å². The topological polar surface area (TPSA) is 81.2 Å². The fourth-order valence-electron chi connectivity index (χ4n) is 3.35. The summed E-state index contributed by atoms with van der Waals surface area (Å²) < 4.78 is 5.24. The molecule has 1 aliphatic carbocycles. The van der Waals surface area contributed by atoms with Crippen molar-refractivity contribution in [2.75, 3.05) is 11.9 Å². The maximum Gasteiger partial charge on any atom is 0.341 e. The number of hydrogen-bond donors (Lipinski definition) is 1. The van der Waals surface area contributed by atoms with Gasteiger partial charge in [0.1, 0.15) is 5.00 Å². The summed E-state index contributed by atoms with van der Waals surface area (Å²) in [5.41, 5.74) is 3.41. The largest absolute Gasteiger partial charge is 0.462 e. The zero-order valence-electron chi connectivity index (χ0n) is 14.9. The van der Waals surface area contributed by atoms with Gasteiger partial charge in [-0.1, -0.05) is 0 Å². The second kappa shape index (κ2) is 7.44. The minimum Gasteiger partial charge on any atom is -0.462 e. The molecule has 0 bridgehead atoms. The fraction of sp³-hybridized carbons (Fsp3) is 0.300. The lowest BCUT2D eigenvalue weighted by atomic mass is 9.95. The van der Waals surface area contributed by atoms with Gasteiger partial charge in [-0.05, 0) is 56.4 Å². The number of nitrogens with one attached hydrogen (secondary N) is 1. The van der Waals surface area contributed by atoms with Gasteiger partial charge in [-0.2, -0.15) is 0 Å². The van der Waals surface area contributed by atoms with E-state index < -0.39 is 0 Å². The smallest absolute Gasteiger partial charge is 0.341 e. The third-order valence-electron chi connectivity index (χ3n) is 4.61. The highest BCUT2D eigenvalue weighted by Crippen LogP contribution is 2.38. The van der Waals surface area contributed by atoms with Gasteiger partial charge >= 0.3 is 5.97 Å². The van der Waals surface area contributed by atoms with Gasteiger partial charge in [0, 0.05) is 22.8 Å². The number of hydrogen-bond acceptors (Lipinski definition) is 6. The number of aryl methyl sites for hydroxylation is 1. The SMILES string of the molecule is CCOC(=O)c1c(NC(=O)c2ccc3nccnc3c2)sc2c1CCCC2. The molecule has 1 amide bonds. The van der Waals surface area contributed by atoms with E-state index in [1.54, 1.807) is 37.5 Å². The monoisotopic (exact) mass is 381 g/mol. The number of carbonyl (C=O) groups is 2. The zero-order valence-corrected chi connectivity index (χ0v) is 15.8. The van der Waals surface area contributed by atoms with Crippen molar-refractivity contribution < 1.29 is 14.3 Å². The Morgan fingerprint density at radius 2 is 1.93 bits per heavy atom. The van der Waals surface area contributed by atoms with E-state index in [9.17, 15) is 9.59 Å². The first kappa shape index (κ1) is 17.6. The van der Waals surface area contributed by atoms with E-state index in [0.717, 1.165) is 36.8 Å². The summed E-state index contributed by atoms with van der Waals surface area (Å²) >= 11 is 1.48. The van der Waals surface area contributed by atoms with Gasteiger partial charge in [0.2, 0.25) is 0 Å². The number of thiophene rings is 1. The van der Waals surface area contributed by atoms with Crippen LogP contribution in [0.2, 0.25) is 0 Å². The van der Waals surface area contributed by atoms with Crippen LogP contribution in [0.15, 0.2) is 30.6 Å². The summed E-state index contributed by atoms with van der Waals surface area (Å²) in [5.74, 6) is -0.636. The quantitative estimate of drug-likeness (QED) is 0.691. The summed E-state index contributed by atoms with van der Waals surface area (Å²) in [5, 5.41) is 3.49. The number of amides is 1. The van der Waals surface area contributed by atoms with Gasteiger partial charge in [0.15, 0.2) is 0 Å². The minimum absolute atomic E-state index is 0.272. The first-order valence-electron chi connectivity index (χ1n) is 9.01. The van der Waals surface area contributed by atoms with Gasteiger partial charge < -0.3 is 10.1 Å². The molecule has 2 heterocycles. The van der Waals surface area contributed by atoms with Crippen LogP contribution in [0.5, 0.6) is 0 Å². The molecule has 7 heteroatoms. The Balaban J connectivity index is 1.67. The molecular weight excluding hydrogens is 362 g/mol.